The predicted octanol–water partition coefficient (Wildman–Crippen LogP) is 3.76. The van der Waals surface area contributed by atoms with Crippen LogP contribution in [0, 0.1) is 0 Å². The van der Waals surface area contributed by atoms with Gasteiger partial charge in [0.2, 0.25) is 0 Å². The summed E-state index contributed by atoms with van der Waals surface area (Å²) < 4.78 is 4.71. The highest BCUT2D eigenvalue weighted by molar-refractivity contribution is 5.90. The van der Waals surface area contributed by atoms with Gasteiger partial charge in [-0.05, 0) is 41.5 Å². The van der Waals surface area contributed by atoms with Crippen molar-refractivity contribution in [1.29, 1.82) is 0 Å². The van der Waals surface area contributed by atoms with Gasteiger partial charge in [0.1, 0.15) is 0 Å². The third kappa shape index (κ3) is 4.24. The summed E-state index contributed by atoms with van der Waals surface area (Å²) >= 11 is 0. The van der Waals surface area contributed by atoms with Crippen molar-refractivity contribution in [2.45, 2.75) is 0 Å². The minimum Gasteiger partial charge on any atom is -0.465 e. The monoisotopic (exact) mass is 346 g/mol. The van der Waals surface area contributed by atoms with Crippen LogP contribution in [0.4, 0.5) is 17.2 Å². The molecule has 26 heavy (non-hydrogen) atoms. The van der Waals surface area contributed by atoms with Gasteiger partial charge in [-0.25, -0.2) is 9.78 Å². The Kier molecular flexibility index (Phi) is 5.24. The number of aromatic nitrogens is 2. The number of ether oxygens (including phenoxy) is 1. The number of nitrogens with zero attached hydrogens (tertiary/aromatic N) is 2. The normalized spacial score (nSPS) is 10.7. The number of esters is 1. The molecule has 0 amide bonds. The number of rotatable bonds is 5. The molecule has 0 fully saturated rings. The van der Waals surface area contributed by atoms with Gasteiger partial charge in [-0.3, -0.25) is 4.98 Å². The summed E-state index contributed by atoms with van der Waals surface area (Å²) in [4.78, 5) is 19.9. The molecule has 0 spiro atoms. The van der Waals surface area contributed by atoms with Gasteiger partial charge in [0.05, 0.1) is 18.4 Å². The summed E-state index contributed by atoms with van der Waals surface area (Å²) in [7, 11) is 1.34. The molecule has 6 heteroatoms. The zero-order valence-electron chi connectivity index (χ0n) is 14.2. The largest absolute Gasteiger partial charge is 0.465 e. The highest BCUT2D eigenvalue weighted by Gasteiger charge is 2.05. The third-order valence-electron chi connectivity index (χ3n) is 3.64. The Morgan fingerprint density at radius 1 is 1.12 bits per heavy atom. The van der Waals surface area contributed by atoms with Crippen LogP contribution in [0.15, 0.2) is 61.1 Å². The molecule has 0 saturated heterocycles. The zero-order chi connectivity index (χ0) is 18.4. The van der Waals surface area contributed by atoms with Crippen LogP contribution < -0.4 is 11.1 Å². The molecule has 130 valence electrons. The molecule has 6 nitrogen and oxygen atoms in total. The van der Waals surface area contributed by atoms with Gasteiger partial charge in [0.15, 0.2) is 5.82 Å². The van der Waals surface area contributed by atoms with Crippen LogP contribution in [0.25, 0.3) is 12.2 Å². The second kappa shape index (κ2) is 7.94. The second-order valence-corrected chi connectivity index (χ2v) is 5.52. The van der Waals surface area contributed by atoms with Crippen molar-refractivity contribution < 1.29 is 9.53 Å². The summed E-state index contributed by atoms with van der Waals surface area (Å²) in [6.45, 7) is 0. The maximum atomic E-state index is 11.6. The molecule has 1 aromatic carbocycles. The van der Waals surface area contributed by atoms with Crippen molar-refractivity contribution in [3.8, 4) is 0 Å². The molecule has 0 bridgehead atoms. The molecule has 3 N–H and O–H groups in total. The number of carbonyl (C=O) groups is 1. The Morgan fingerprint density at radius 3 is 2.77 bits per heavy atom. The van der Waals surface area contributed by atoms with E-state index in [1.165, 1.54) is 13.3 Å². The maximum absolute atomic E-state index is 11.6. The molecular formula is C20H18N4O2. The molecule has 0 aliphatic rings. The van der Waals surface area contributed by atoms with Crippen molar-refractivity contribution in [2.75, 3.05) is 18.2 Å². The van der Waals surface area contributed by atoms with Gasteiger partial charge < -0.3 is 15.8 Å². The number of hydrogen-bond acceptors (Lipinski definition) is 6. The van der Waals surface area contributed by atoms with Crippen molar-refractivity contribution in [2.24, 2.45) is 0 Å². The fourth-order valence-corrected chi connectivity index (χ4v) is 2.35. The van der Waals surface area contributed by atoms with Crippen molar-refractivity contribution in [3.05, 3.63) is 77.7 Å². The van der Waals surface area contributed by atoms with E-state index in [1.54, 1.807) is 30.6 Å². The first-order chi connectivity index (χ1) is 12.7. The lowest BCUT2D eigenvalue weighted by atomic mass is 10.1. The highest BCUT2D eigenvalue weighted by Crippen LogP contribution is 2.21. The molecular weight excluding hydrogens is 328 g/mol. The SMILES string of the molecule is COC(=O)c1cncc(/C=C/c2cccc(Nc3ncccc3N)c2)c1. The van der Waals surface area contributed by atoms with Crippen LogP contribution in [-0.2, 0) is 4.74 Å². The third-order valence-corrected chi connectivity index (χ3v) is 3.64. The van der Waals surface area contributed by atoms with Gasteiger partial charge >= 0.3 is 5.97 Å². The van der Waals surface area contributed by atoms with E-state index in [2.05, 4.69) is 15.3 Å². The second-order valence-electron chi connectivity index (χ2n) is 5.52. The number of anilines is 3. The molecule has 0 aliphatic heterocycles. The van der Waals surface area contributed by atoms with E-state index in [4.69, 9.17) is 10.5 Å². The summed E-state index contributed by atoms with van der Waals surface area (Å²) in [5, 5.41) is 3.20. The lowest BCUT2D eigenvalue weighted by Gasteiger charge is -2.08. The van der Waals surface area contributed by atoms with Crippen LogP contribution in [-0.4, -0.2) is 23.0 Å². The number of nitrogen functional groups attached to an aromatic ring is 1. The first-order valence-corrected chi connectivity index (χ1v) is 7.95. The number of pyridine rings is 2. The van der Waals surface area contributed by atoms with E-state index in [0.29, 0.717) is 17.1 Å². The Hall–Kier alpha value is -3.67. The molecule has 0 unspecified atom stereocenters. The number of nitrogens with one attached hydrogen (secondary N) is 1. The average molecular weight is 346 g/mol. The van der Waals surface area contributed by atoms with Crippen molar-refractivity contribution in [3.63, 3.8) is 0 Å². The van der Waals surface area contributed by atoms with E-state index in [-0.39, 0.29) is 0 Å². The van der Waals surface area contributed by atoms with E-state index < -0.39 is 5.97 Å². The molecule has 0 radical (unpaired) electrons. The van der Waals surface area contributed by atoms with Crippen LogP contribution in [0.2, 0.25) is 0 Å². The van der Waals surface area contributed by atoms with Crippen LogP contribution in [0.1, 0.15) is 21.5 Å². The van der Waals surface area contributed by atoms with E-state index in [1.807, 2.05) is 36.4 Å². The van der Waals surface area contributed by atoms with Gasteiger partial charge in [-0.15, -0.1) is 0 Å². The van der Waals surface area contributed by atoms with Gasteiger partial charge in [0, 0.05) is 24.3 Å². The fraction of sp³-hybridized carbons (Fsp3) is 0.0500. The predicted molar refractivity (Wildman–Crippen MR) is 103 cm³/mol. The van der Waals surface area contributed by atoms with Crippen molar-refractivity contribution in [1.82, 2.24) is 9.97 Å². The summed E-state index contributed by atoms with van der Waals surface area (Å²) in [5.74, 6) is 0.204. The van der Waals surface area contributed by atoms with Gasteiger partial charge in [-0.1, -0.05) is 24.3 Å². The molecule has 2 heterocycles. The standard InChI is InChI=1S/C20H18N4O2/c1-26-20(25)16-10-15(12-22-13-16)8-7-14-4-2-5-17(11-14)24-19-18(21)6-3-9-23-19/h2-13H,21H2,1H3,(H,23,24)/b8-7+. The fourth-order valence-electron chi connectivity index (χ4n) is 2.35. The lowest BCUT2D eigenvalue weighted by Crippen LogP contribution is -2.01. The molecule has 3 rings (SSSR count). The van der Waals surface area contributed by atoms with Crippen LogP contribution in [0.3, 0.4) is 0 Å². The van der Waals surface area contributed by atoms with Crippen molar-refractivity contribution >= 4 is 35.3 Å². The quantitative estimate of drug-likeness (QED) is 0.684. The van der Waals surface area contributed by atoms with Crippen LogP contribution >= 0.6 is 0 Å². The van der Waals surface area contributed by atoms with Gasteiger partial charge in [-0.2, -0.15) is 0 Å². The smallest absolute Gasteiger partial charge is 0.339 e. The van der Waals surface area contributed by atoms with E-state index in [9.17, 15) is 4.79 Å². The van der Waals surface area contributed by atoms with Crippen LogP contribution in [0.5, 0.6) is 0 Å². The molecule has 0 aliphatic carbocycles. The number of nitrogens with two attached hydrogens (primary N) is 1. The minimum atomic E-state index is -0.410. The Balaban J connectivity index is 1.77. The Morgan fingerprint density at radius 2 is 1.96 bits per heavy atom. The number of methoxy groups -OCH3 is 1. The Labute approximate surface area is 151 Å². The number of benzene rings is 1. The molecule has 3 aromatic rings. The minimum absolute atomic E-state index is 0.410. The molecule has 0 atom stereocenters. The lowest BCUT2D eigenvalue weighted by molar-refractivity contribution is 0.0600. The zero-order valence-corrected chi connectivity index (χ0v) is 14.2. The summed E-state index contributed by atoms with van der Waals surface area (Å²) in [6.07, 6.45) is 8.66. The first-order valence-electron chi connectivity index (χ1n) is 7.95. The molecule has 0 saturated carbocycles. The van der Waals surface area contributed by atoms with E-state index in [0.717, 1.165) is 16.8 Å². The number of hydrogen-bond donors (Lipinski definition) is 2. The summed E-state index contributed by atoms with van der Waals surface area (Å²) in [6, 6.07) is 13.1. The Bertz CT molecular complexity index is 954. The maximum Gasteiger partial charge on any atom is 0.339 e. The highest BCUT2D eigenvalue weighted by atomic mass is 16.5. The molecule has 2 aromatic heterocycles. The van der Waals surface area contributed by atoms with E-state index >= 15 is 0 Å². The summed E-state index contributed by atoms with van der Waals surface area (Å²) in [5.41, 5.74) is 9.56. The number of carbonyl (C=O) groups excluding carboxylic acids is 1. The first kappa shape index (κ1) is 17.2. The van der Waals surface area contributed by atoms with Gasteiger partial charge in [0.25, 0.3) is 0 Å². The average Bonchev–Trinajstić information content (AvgIpc) is 2.68. The topological polar surface area (TPSA) is 90.1 Å².